The van der Waals surface area contributed by atoms with Crippen LogP contribution in [0, 0.1) is 11.8 Å². The van der Waals surface area contributed by atoms with Crippen molar-refractivity contribution in [3.63, 3.8) is 0 Å². The average molecular weight is 302 g/mol. The van der Waals surface area contributed by atoms with E-state index in [1.54, 1.807) is 20.8 Å². The van der Waals surface area contributed by atoms with E-state index in [4.69, 9.17) is 4.74 Å². The number of hydrogen-bond acceptors (Lipinski definition) is 3. The van der Waals surface area contributed by atoms with Gasteiger partial charge in [-0.1, -0.05) is 26.0 Å². The lowest BCUT2D eigenvalue weighted by molar-refractivity contribution is -0.147. The third-order valence-corrected chi connectivity index (χ3v) is 2.96. The van der Waals surface area contributed by atoms with E-state index in [-0.39, 0.29) is 18.1 Å². The molecule has 0 aliphatic heterocycles. The highest BCUT2D eigenvalue weighted by Crippen LogP contribution is 2.30. The Labute approximate surface area is 121 Å². The lowest BCUT2D eigenvalue weighted by atomic mass is 9.87. The van der Waals surface area contributed by atoms with Gasteiger partial charge in [-0.05, 0) is 25.0 Å². The van der Waals surface area contributed by atoms with Crippen molar-refractivity contribution in [3.8, 4) is 0 Å². The van der Waals surface area contributed by atoms with Gasteiger partial charge in [0.2, 0.25) is 0 Å². The first kappa shape index (κ1) is 17.2. The van der Waals surface area contributed by atoms with E-state index < -0.39 is 29.4 Å². The van der Waals surface area contributed by atoms with Crippen LogP contribution < -0.4 is 0 Å². The van der Waals surface area contributed by atoms with Crippen LogP contribution in [0.4, 0.5) is 13.2 Å². The lowest BCUT2D eigenvalue weighted by Crippen LogP contribution is -2.31. The third kappa shape index (κ3) is 4.31. The van der Waals surface area contributed by atoms with Crippen molar-refractivity contribution in [1.29, 1.82) is 0 Å². The Morgan fingerprint density at radius 3 is 2.33 bits per heavy atom. The average Bonchev–Trinajstić information content (AvgIpc) is 2.37. The first-order chi connectivity index (χ1) is 9.68. The highest BCUT2D eigenvalue weighted by molar-refractivity contribution is 6.08. The molecule has 3 nitrogen and oxygen atoms in total. The fourth-order valence-corrected chi connectivity index (χ4v) is 1.94. The molecule has 116 valence electrons. The van der Waals surface area contributed by atoms with Crippen molar-refractivity contribution in [1.82, 2.24) is 0 Å². The molecule has 1 aromatic rings. The molecule has 0 aromatic heterocycles. The van der Waals surface area contributed by atoms with E-state index in [9.17, 15) is 22.8 Å². The van der Waals surface area contributed by atoms with Gasteiger partial charge < -0.3 is 4.74 Å². The van der Waals surface area contributed by atoms with Gasteiger partial charge in [0.15, 0.2) is 5.78 Å². The van der Waals surface area contributed by atoms with Crippen LogP contribution in [0.5, 0.6) is 0 Å². The SMILES string of the molecule is CCOC(=O)C(C(=O)c1cccc(C(F)(F)F)c1)C(C)C. The molecule has 0 aliphatic rings. The molecule has 0 spiro atoms. The van der Waals surface area contributed by atoms with Gasteiger partial charge in [0.1, 0.15) is 5.92 Å². The van der Waals surface area contributed by atoms with Crippen molar-refractivity contribution in [2.75, 3.05) is 6.61 Å². The summed E-state index contributed by atoms with van der Waals surface area (Å²) in [5.41, 5.74) is -1.06. The number of halogens is 3. The van der Waals surface area contributed by atoms with Gasteiger partial charge in [0, 0.05) is 5.56 Å². The summed E-state index contributed by atoms with van der Waals surface area (Å²) in [5, 5.41) is 0. The predicted octanol–water partition coefficient (Wildman–Crippen LogP) is 3.72. The van der Waals surface area contributed by atoms with Crippen LogP contribution in [0.2, 0.25) is 0 Å². The molecule has 0 heterocycles. The van der Waals surface area contributed by atoms with E-state index in [2.05, 4.69) is 0 Å². The summed E-state index contributed by atoms with van der Waals surface area (Å²) < 4.78 is 42.8. The van der Waals surface area contributed by atoms with E-state index in [1.165, 1.54) is 6.07 Å². The monoisotopic (exact) mass is 302 g/mol. The summed E-state index contributed by atoms with van der Waals surface area (Å²) in [6, 6.07) is 4.06. The second-order valence-electron chi connectivity index (χ2n) is 4.92. The Kier molecular flexibility index (Phi) is 5.52. The minimum absolute atomic E-state index is 0.109. The highest BCUT2D eigenvalue weighted by Gasteiger charge is 2.34. The molecule has 1 aromatic carbocycles. The normalized spacial score (nSPS) is 13.1. The molecule has 6 heteroatoms. The number of ketones is 1. The molecular weight excluding hydrogens is 285 g/mol. The van der Waals surface area contributed by atoms with Crippen molar-refractivity contribution in [3.05, 3.63) is 35.4 Å². The Morgan fingerprint density at radius 2 is 1.86 bits per heavy atom. The molecule has 1 atom stereocenters. The third-order valence-electron chi connectivity index (χ3n) is 2.96. The van der Waals surface area contributed by atoms with Crippen molar-refractivity contribution in [2.45, 2.75) is 26.9 Å². The van der Waals surface area contributed by atoms with Crippen molar-refractivity contribution < 1.29 is 27.5 Å². The smallest absolute Gasteiger partial charge is 0.416 e. The topological polar surface area (TPSA) is 43.4 Å². The molecule has 21 heavy (non-hydrogen) atoms. The van der Waals surface area contributed by atoms with Crippen LogP contribution in [0.3, 0.4) is 0 Å². The molecule has 0 fully saturated rings. The van der Waals surface area contributed by atoms with E-state index in [0.717, 1.165) is 18.2 Å². The van der Waals surface area contributed by atoms with E-state index in [1.807, 2.05) is 0 Å². The van der Waals surface area contributed by atoms with Crippen LogP contribution in [0.1, 0.15) is 36.7 Å². The maximum absolute atomic E-state index is 12.7. The van der Waals surface area contributed by atoms with Crippen molar-refractivity contribution in [2.24, 2.45) is 11.8 Å². The van der Waals surface area contributed by atoms with Gasteiger partial charge in [-0.2, -0.15) is 13.2 Å². The molecule has 1 rings (SSSR count). The molecule has 1 unspecified atom stereocenters. The van der Waals surface area contributed by atoms with Gasteiger partial charge in [-0.25, -0.2) is 0 Å². The number of carbonyl (C=O) groups excluding carboxylic acids is 2. The molecule has 0 N–H and O–H groups in total. The zero-order valence-corrected chi connectivity index (χ0v) is 12.0. The summed E-state index contributed by atoms with van der Waals surface area (Å²) in [7, 11) is 0. The number of rotatable bonds is 5. The molecule has 0 bridgehead atoms. The van der Waals surface area contributed by atoms with Crippen LogP contribution in [-0.2, 0) is 15.7 Å². The number of benzene rings is 1. The largest absolute Gasteiger partial charge is 0.465 e. The van der Waals surface area contributed by atoms with Gasteiger partial charge in [-0.15, -0.1) is 0 Å². The second-order valence-corrected chi connectivity index (χ2v) is 4.92. The first-order valence-electron chi connectivity index (χ1n) is 6.56. The number of esters is 1. The zero-order valence-electron chi connectivity index (χ0n) is 12.0. The van der Waals surface area contributed by atoms with Crippen LogP contribution in [0.25, 0.3) is 0 Å². The van der Waals surface area contributed by atoms with Gasteiger partial charge in [0.05, 0.1) is 12.2 Å². The first-order valence-corrected chi connectivity index (χ1v) is 6.56. The van der Waals surface area contributed by atoms with Gasteiger partial charge in [-0.3, -0.25) is 9.59 Å². The Hall–Kier alpha value is -1.85. The van der Waals surface area contributed by atoms with Crippen molar-refractivity contribution >= 4 is 11.8 Å². The van der Waals surface area contributed by atoms with E-state index in [0.29, 0.717) is 0 Å². The van der Waals surface area contributed by atoms with E-state index >= 15 is 0 Å². The fraction of sp³-hybridized carbons (Fsp3) is 0.467. The Bertz CT molecular complexity index is 521. The molecule has 0 radical (unpaired) electrons. The maximum Gasteiger partial charge on any atom is 0.416 e. The number of carbonyl (C=O) groups is 2. The summed E-state index contributed by atoms with van der Waals surface area (Å²) in [6.07, 6.45) is -4.53. The Morgan fingerprint density at radius 1 is 1.24 bits per heavy atom. The lowest BCUT2D eigenvalue weighted by Gasteiger charge is -2.18. The second kappa shape index (κ2) is 6.74. The van der Waals surface area contributed by atoms with Gasteiger partial charge in [0.25, 0.3) is 0 Å². The molecule has 0 amide bonds. The van der Waals surface area contributed by atoms with Crippen LogP contribution >= 0.6 is 0 Å². The molecule has 0 saturated heterocycles. The van der Waals surface area contributed by atoms with Crippen LogP contribution in [-0.4, -0.2) is 18.4 Å². The molecule has 0 saturated carbocycles. The quantitative estimate of drug-likeness (QED) is 0.473. The summed E-state index contributed by atoms with van der Waals surface area (Å²) in [4.78, 5) is 24.1. The van der Waals surface area contributed by atoms with Crippen LogP contribution in [0.15, 0.2) is 24.3 Å². The predicted molar refractivity (Wildman–Crippen MR) is 70.7 cm³/mol. The highest BCUT2D eigenvalue weighted by atomic mass is 19.4. The minimum atomic E-state index is -4.53. The zero-order chi connectivity index (χ0) is 16.2. The standard InChI is InChI=1S/C15H17F3O3/c1-4-21-14(20)12(9(2)3)13(19)10-6-5-7-11(8-10)15(16,17)18/h5-9,12H,4H2,1-3H3. The Balaban J connectivity index is 3.13. The maximum atomic E-state index is 12.7. The number of alkyl halides is 3. The van der Waals surface area contributed by atoms with Gasteiger partial charge >= 0.3 is 12.1 Å². The summed E-state index contributed by atoms with van der Waals surface area (Å²) in [6.45, 7) is 5.00. The summed E-state index contributed by atoms with van der Waals surface area (Å²) in [5.74, 6) is -2.84. The summed E-state index contributed by atoms with van der Waals surface area (Å²) >= 11 is 0. The fourth-order valence-electron chi connectivity index (χ4n) is 1.94. The number of hydrogen-bond donors (Lipinski definition) is 0. The molecular formula is C15H17F3O3. The number of ether oxygens (including phenoxy) is 1. The molecule has 0 aliphatic carbocycles. The minimum Gasteiger partial charge on any atom is -0.465 e. The number of Topliss-reactive ketones (excluding diaryl/α,β-unsaturated/α-hetero) is 1.